The van der Waals surface area contributed by atoms with Crippen molar-refractivity contribution in [3.63, 3.8) is 0 Å². The Kier molecular flexibility index (Phi) is 5.07. The number of rotatable bonds is 6. The predicted molar refractivity (Wildman–Crippen MR) is 48.8 cm³/mol. The molecule has 0 atom stereocenters. The highest BCUT2D eigenvalue weighted by Crippen LogP contribution is 1.82. The summed E-state index contributed by atoms with van der Waals surface area (Å²) in [5, 5.41) is 8.91. The van der Waals surface area contributed by atoms with Gasteiger partial charge in [-0.2, -0.15) is 0 Å². The molecule has 0 saturated carbocycles. The van der Waals surface area contributed by atoms with Crippen LogP contribution in [0.1, 0.15) is 13.3 Å². The Labute approximate surface area is 68.6 Å². The van der Waals surface area contributed by atoms with Crippen LogP contribution in [0.5, 0.6) is 0 Å². The molecule has 11 heavy (non-hydrogen) atoms. The number of hydrogen-bond donors (Lipinski definition) is 3. The molecule has 0 aromatic carbocycles. The van der Waals surface area contributed by atoms with Crippen LogP contribution in [0.25, 0.3) is 0 Å². The van der Waals surface area contributed by atoms with E-state index in [0.717, 1.165) is 24.6 Å². The quantitative estimate of drug-likeness (QED) is 0.529. The van der Waals surface area contributed by atoms with Crippen molar-refractivity contribution in [2.24, 2.45) is 0 Å². The summed E-state index contributed by atoms with van der Waals surface area (Å²) in [7, 11) is 1.81. The molecule has 0 aromatic rings. The molecule has 0 unspecified atom stereocenters. The minimum atomic E-state index is 0.749. The van der Waals surface area contributed by atoms with Crippen molar-refractivity contribution in [1.29, 1.82) is 0 Å². The van der Waals surface area contributed by atoms with E-state index < -0.39 is 0 Å². The monoisotopic (exact) mass is 155 g/mol. The number of nitrogens with one attached hydrogen (secondary N) is 3. The first-order valence-electron chi connectivity index (χ1n) is 3.77. The van der Waals surface area contributed by atoms with E-state index in [1.807, 2.05) is 7.05 Å². The minimum Gasteiger partial charge on any atom is -0.375 e. The van der Waals surface area contributed by atoms with Crippen LogP contribution < -0.4 is 16.0 Å². The van der Waals surface area contributed by atoms with Crippen LogP contribution in [0.3, 0.4) is 0 Å². The van der Waals surface area contributed by atoms with E-state index in [-0.39, 0.29) is 0 Å². The Morgan fingerprint density at radius 2 is 1.91 bits per heavy atom. The van der Waals surface area contributed by atoms with Gasteiger partial charge in [-0.1, -0.05) is 20.1 Å². The molecule has 0 aliphatic carbocycles. The Balaban J connectivity index is 3.44. The Morgan fingerprint density at radius 3 is 2.36 bits per heavy atom. The first kappa shape index (κ1) is 9.88. The van der Waals surface area contributed by atoms with E-state index in [2.05, 4.69) is 36.0 Å². The van der Waals surface area contributed by atoms with E-state index in [4.69, 9.17) is 0 Å². The maximum atomic E-state index is 3.76. The molecule has 0 aromatic heterocycles. The third-order valence-electron chi connectivity index (χ3n) is 1.19. The van der Waals surface area contributed by atoms with Crippen LogP contribution in [0, 0.1) is 0 Å². The van der Waals surface area contributed by atoms with Crippen LogP contribution in [0.2, 0.25) is 0 Å². The first-order valence-corrected chi connectivity index (χ1v) is 3.77. The van der Waals surface area contributed by atoms with Crippen LogP contribution in [0.15, 0.2) is 24.8 Å². The van der Waals surface area contributed by atoms with Gasteiger partial charge < -0.3 is 16.0 Å². The second-order valence-electron chi connectivity index (χ2n) is 2.26. The van der Waals surface area contributed by atoms with Gasteiger partial charge in [-0.05, 0) is 6.42 Å². The molecule has 3 nitrogen and oxygen atoms in total. The molecule has 0 saturated heterocycles. The SMILES string of the molecule is C=C(NC)NC(=C)NCCC. The average Bonchev–Trinajstić information content (AvgIpc) is 2.00. The van der Waals surface area contributed by atoms with Crippen LogP contribution in [0.4, 0.5) is 0 Å². The topological polar surface area (TPSA) is 36.1 Å². The maximum Gasteiger partial charge on any atom is 0.0967 e. The van der Waals surface area contributed by atoms with Gasteiger partial charge in [0.1, 0.15) is 0 Å². The molecule has 0 bridgehead atoms. The van der Waals surface area contributed by atoms with Gasteiger partial charge in [-0.15, -0.1) is 0 Å². The lowest BCUT2D eigenvalue weighted by Gasteiger charge is -2.12. The molecule has 0 amide bonds. The van der Waals surface area contributed by atoms with E-state index in [0.29, 0.717) is 0 Å². The molecule has 0 heterocycles. The van der Waals surface area contributed by atoms with Crippen molar-refractivity contribution in [3.05, 3.63) is 24.8 Å². The second-order valence-corrected chi connectivity index (χ2v) is 2.26. The van der Waals surface area contributed by atoms with E-state index in [9.17, 15) is 0 Å². The van der Waals surface area contributed by atoms with Gasteiger partial charge in [0.15, 0.2) is 0 Å². The average molecular weight is 155 g/mol. The van der Waals surface area contributed by atoms with E-state index >= 15 is 0 Å². The normalized spacial score (nSPS) is 8.55. The van der Waals surface area contributed by atoms with E-state index in [1.165, 1.54) is 0 Å². The molecular weight excluding hydrogens is 138 g/mol. The molecule has 0 rings (SSSR count). The largest absolute Gasteiger partial charge is 0.375 e. The van der Waals surface area contributed by atoms with E-state index in [1.54, 1.807) is 0 Å². The summed E-state index contributed by atoms with van der Waals surface area (Å²) in [6.07, 6.45) is 1.09. The van der Waals surface area contributed by atoms with Gasteiger partial charge in [-0.3, -0.25) is 0 Å². The lowest BCUT2D eigenvalue weighted by atomic mass is 10.5. The van der Waals surface area contributed by atoms with Crippen molar-refractivity contribution in [1.82, 2.24) is 16.0 Å². The van der Waals surface area contributed by atoms with Gasteiger partial charge in [0, 0.05) is 13.6 Å². The molecule has 0 aliphatic heterocycles. The lowest BCUT2D eigenvalue weighted by Crippen LogP contribution is -2.29. The molecule has 3 heteroatoms. The van der Waals surface area contributed by atoms with Crippen molar-refractivity contribution in [3.8, 4) is 0 Å². The predicted octanol–water partition coefficient (Wildman–Crippen LogP) is 0.737. The summed E-state index contributed by atoms with van der Waals surface area (Å²) in [5.74, 6) is 1.53. The highest BCUT2D eigenvalue weighted by atomic mass is 15.2. The molecule has 0 spiro atoms. The van der Waals surface area contributed by atoms with Crippen molar-refractivity contribution in [2.45, 2.75) is 13.3 Å². The Bertz CT molecular complexity index is 140. The van der Waals surface area contributed by atoms with Crippen LogP contribution in [-0.2, 0) is 0 Å². The summed E-state index contributed by atoms with van der Waals surface area (Å²) in [5.41, 5.74) is 0. The minimum absolute atomic E-state index is 0.749. The van der Waals surface area contributed by atoms with Gasteiger partial charge >= 0.3 is 0 Å². The zero-order valence-corrected chi connectivity index (χ0v) is 7.33. The third kappa shape index (κ3) is 5.33. The van der Waals surface area contributed by atoms with Crippen molar-refractivity contribution < 1.29 is 0 Å². The van der Waals surface area contributed by atoms with Gasteiger partial charge in [0.25, 0.3) is 0 Å². The Morgan fingerprint density at radius 1 is 1.27 bits per heavy atom. The van der Waals surface area contributed by atoms with Crippen molar-refractivity contribution >= 4 is 0 Å². The molecule has 0 aliphatic rings. The van der Waals surface area contributed by atoms with Gasteiger partial charge in [0.05, 0.1) is 11.6 Å². The Hall–Kier alpha value is -1.12. The van der Waals surface area contributed by atoms with Crippen LogP contribution >= 0.6 is 0 Å². The fourth-order valence-corrected chi connectivity index (χ4v) is 0.565. The standard InChI is InChI=1S/C8H17N3/c1-5-6-10-8(3)11-7(2)9-4/h9-11H,2-3,5-6H2,1,4H3. The molecule has 0 radical (unpaired) electrons. The van der Waals surface area contributed by atoms with Crippen molar-refractivity contribution in [2.75, 3.05) is 13.6 Å². The summed E-state index contributed by atoms with van der Waals surface area (Å²) < 4.78 is 0. The molecular formula is C8H17N3. The fourth-order valence-electron chi connectivity index (χ4n) is 0.565. The summed E-state index contributed by atoms with van der Waals surface area (Å²) in [4.78, 5) is 0. The first-order chi connectivity index (χ1) is 5.20. The smallest absolute Gasteiger partial charge is 0.0967 e. The van der Waals surface area contributed by atoms with Gasteiger partial charge in [-0.25, -0.2) is 0 Å². The molecule has 64 valence electrons. The summed E-state index contributed by atoms with van der Waals surface area (Å²) in [6, 6.07) is 0. The maximum absolute atomic E-state index is 3.76. The zero-order valence-electron chi connectivity index (χ0n) is 7.33. The third-order valence-corrected chi connectivity index (χ3v) is 1.19. The summed E-state index contributed by atoms with van der Waals surface area (Å²) in [6.45, 7) is 10.5. The molecule has 0 fully saturated rings. The highest BCUT2D eigenvalue weighted by molar-refractivity contribution is 5.00. The lowest BCUT2D eigenvalue weighted by molar-refractivity contribution is 0.699. The summed E-state index contributed by atoms with van der Waals surface area (Å²) >= 11 is 0. The fraction of sp³-hybridized carbons (Fsp3) is 0.500. The second kappa shape index (κ2) is 5.65. The zero-order chi connectivity index (χ0) is 8.69. The van der Waals surface area contributed by atoms with Gasteiger partial charge in [0.2, 0.25) is 0 Å². The van der Waals surface area contributed by atoms with Crippen LogP contribution in [-0.4, -0.2) is 13.6 Å². The highest BCUT2D eigenvalue weighted by Gasteiger charge is 1.90. The number of hydrogen-bond acceptors (Lipinski definition) is 3. The molecule has 3 N–H and O–H groups in total.